The van der Waals surface area contributed by atoms with Gasteiger partial charge in [0.15, 0.2) is 0 Å². The van der Waals surface area contributed by atoms with Gasteiger partial charge in [0.25, 0.3) is 0 Å². The van der Waals surface area contributed by atoms with E-state index >= 15 is 0 Å². The highest BCUT2D eigenvalue weighted by Crippen LogP contribution is 2.06. The zero-order chi connectivity index (χ0) is 9.07. The Morgan fingerprint density at radius 2 is 1.58 bits per heavy atom. The number of allylic oxidation sites excluding steroid dienone is 1. The van der Waals surface area contributed by atoms with Crippen LogP contribution in [0.1, 0.15) is 51.9 Å². The van der Waals surface area contributed by atoms with E-state index < -0.39 is 0 Å². The van der Waals surface area contributed by atoms with E-state index in [-0.39, 0.29) is 6.61 Å². The molecule has 0 rings (SSSR count). The molecule has 12 heavy (non-hydrogen) atoms. The predicted octanol–water partition coefficient (Wildman–Crippen LogP) is 3.72. The van der Waals surface area contributed by atoms with Crippen LogP contribution in [0.15, 0.2) is 12.2 Å². The molecule has 0 bridgehead atoms. The Morgan fingerprint density at radius 3 is 2.25 bits per heavy atom. The molecule has 0 aliphatic carbocycles. The van der Waals surface area contributed by atoms with E-state index in [0.29, 0.717) is 0 Å². The molecule has 0 amide bonds. The molecule has 0 heterocycles. The van der Waals surface area contributed by atoms with E-state index in [9.17, 15) is 5.11 Å². The van der Waals surface area contributed by atoms with Crippen molar-refractivity contribution >= 4 is 0 Å². The molecule has 0 aromatic carbocycles. The first-order valence-corrected chi connectivity index (χ1v) is 5.15. The van der Waals surface area contributed by atoms with Gasteiger partial charge in [-0.2, -0.15) is 0 Å². The third kappa shape index (κ3) is 9.70. The third-order valence-corrected chi connectivity index (χ3v) is 1.99. The van der Waals surface area contributed by atoms with Gasteiger partial charge in [0.2, 0.25) is 0 Å². The van der Waals surface area contributed by atoms with Gasteiger partial charge < -0.3 is 0 Å². The van der Waals surface area contributed by atoms with Crippen LogP contribution in [0.4, 0.5) is 0 Å². The monoisotopic (exact) mass is 169 g/mol. The van der Waals surface area contributed by atoms with Gasteiger partial charge in [-0.15, -0.1) is 0 Å². The first-order chi connectivity index (χ1) is 5.91. The largest absolute Gasteiger partial charge is 0.232 e. The molecule has 0 unspecified atom stereocenters. The minimum Gasteiger partial charge on any atom is -0.232 e. The summed E-state index contributed by atoms with van der Waals surface area (Å²) in [5.41, 5.74) is 0. The minimum absolute atomic E-state index is 0.0597. The smallest absolute Gasteiger partial charge is 0.100 e. The number of unbranched alkanes of at least 4 members (excludes halogenated alkanes) is 6. The van der Waals surface area contributed by atoms with Gasteiger partial charge in [-0.25, -0.2) is 5.11 Å². The average molecular weight is 169 g/mol. The highest BCUT2D eigenvalue weighted by atomic mass is 16.2. The molecule has 71 valence electrons. The third-order valence-electron chi connectivity index (χ3n) is 1.99. The molecule has 0 aliphatic rings. The molecule has 0 saturated heterocycles. The van der Waals surface area contributed by atoms with Crippen LogP contribution in [0.3, 0.4) is 0 Å². The zero-order valence-corrected chi connectivity index (χ0v) is 8.22. The zero-order valence-electron chi connectivity index (χ0n) is 8.22. The van der Waals surface area contributed by atoms with Gasteiger partial charge in [-0.3, -0.25) is 0 Å². The molecule has 0 aromatic rings. The van der Waals surface area contributed by atoms with Gasteiger partial charge in [0.05, 0.1) is 0 Å². The van der Waals surface area contributed by atoms with E-state index in [1.54, 1.807) is 6.08 Å². The first kappa shape index (κ1) is 11.7. The lowest BCUT2D eigenvalue weighted by molar-refractivity contribution is 0.232. The van der Waals surface area contributed by atoms with Crippen molar-refractivity contribution in [3.05, 3.63) is 12.2 Å². The second kappa shape index (κ2) is 10.7. The summed E-state index contributed by atoms with van der Waals surface area (Å²) in [5, 5.41) is 10.0. The Balaban J connectivity index is 2.86. The molecule has 0 aliphatic heterocycles. The van der Waals surface area contributed by atoms with Crippen LogP contribution >= 0.6 is 0 Å². The molecule has 1 radical (unpaired) electrons. The molecule has 1 heteroatoms. The maximum absolute atomic E-state index is 10.0. The molecule has 0 saturated carbocycles. The predicted molar refractivity (Wildman–Crippen MR) is 52.7 cm³/mol. The lowest BCUT2D eigenvalue weighted by Gasteiger charge is -1.97. The second-order valence-corrected chi connectivity index (χ2v) is 3.19. The van der Waals surface area contributed by atoms with Crippen molar-refractivity contribution in [2.24, 2.45) is 0 Å². The standard InChI is InChI=1S/C11H21O/c1-2-3-4-5-6-7-8-9-10-11-12/h9-10H,2-8,11H2,1H3. The summed E-state index contributed by atoms with van der Waals surface area (Å²) in [7, 11) is 0. The molecule has 0 spiro atoms. The Labute approximate surface area is 76.5 Å². The van der Waals surface area contributed by atoms with Crippen molar-refractivity contribution in [2.75, 3.05) is 6.61 Å². The van der Waals surface area contributed by atoms with Gasteiger partial charge >= 0.3 is 0 Å². The molecular weight excluding hydrogens is 148 g/mol. The van der Waals surface area contributed by atoms with Gasteiger partial charge in [0.1, 0.15) is 6.61 Å². The van der Waals surface area contributed by atoms with Crippen LogP contribution < -0.4 is 0 Å². The van der Waals surface area contributed by atoms with Crippen molar-refractivity contribution in [1.29, 1.82) is 0 Å². The maximum Gasteiger partial charge on any atom is 0.100 e. The van der Waals surface area contributed by atoms with Gasteiger partial charge in [-0.1, -0.05) is 51.2 Å². The molecule has 0 N–H and O–H groups in total. The van der Waals surface area contributed by atoms with E-state index in [1.807, 2.05) is 6.08 Å². The first-order valence-electron chi connectivity index (χ1n) is 5.15. The summed E-state index contributed by atoms with van der Waals surface area (Å²) in [4.78, 5) is 0. The Kier molecular flexibility index (Phi) is 10.4. The fraction of sp³-hybridized carbons (Fsp3) is 0.818. The summed E-state index contributed by atoms with van der Waals surface area (Å²) in [6.07, 6.45) is 12.8. The number of hydrogen-bond donors (Lipinski definition) is 0. The van der Waals surface area contributed by atoms with Crippen LogP contribution in [0.2, 0.25) is 0 Å². The van der Waals surface area contributed by atoms with Crippen molar-refractivity contribution in [1.82, 2.24) is 0 Å². The second-order valence-electron chi connectivity index (χ2n) is 3.19. The normalized spacial score (nSPS) is 11.2. The highest BCUT2D eigenvalue weighted by Gasteiger charge is 1.87. The highest BCUT2D eigenvalue weighted by molar-refractivity contribution is 4.80. The summed E-state index contributed by atoms with van der Waals surface area (Å²) in [6, 6.07) is 0. The molecular formula is C11H21O. The average Bonchev–Trinajstić information content (AvgIpc) is 2.10. The molecule has 1 nitrogen and oxygen atoms in total. The van der Waals surface area contributed by atoms with Crippen LogP contribution in [0.25, 0.3) is 0 Å². The fourth-order valence-electron chi connectivity index (χ4n) is 1.23. The van der Waals surface area contributed by atoms with E-state index in [0.717, 1.165) is 6.42 Å². The summed E-state index contributed by atoms with van der Waals surface area (Å²) < 4.78 is 0. The van der Waals surface area contributed by atoms with Crippen molar-refractivity contribution in [3.63, 3.8) is 0 Å². The lowest BCUT2D eigenvalue weighted by Crippen LogP contribution is -1.78. The fourth-order valence-corrected chi connectivity index (χ4v) is 1.23. The topological polar surface area (TPSA) is 19.9 Å². The van der Waals surface area contributed by atoms with Crippen molar-refractivity contribution in [2.45, 2.75) is 51.9 Å². The van der Waals surface area contributed by atoms with Crippen LogP contribution in [0.5, 0.6) is 0 Å². The Bertz CT molecular complexity index is 97.2. The Hall–Kier alpha value is -0.300. The number of hydrogen-bond acceptors (Lipinski definition) is 0. The molecule has 0 fully saturated rings. The Morgan fingerprint density at radius 1 is 0.917 bits per heavy atom. The summed E-state index contributed by atoms with van der Waals surface area (Å²) in [6.45, 7) is 2.17. The van der Waals surface area contributed by atoms with Gasteiger partial charge in [-0.05, 0) is 12.8 Å². The van der Waals surface area contributed by atoms with Crippen LogP contribution in [0, 0.1) is 0 Å². The molecule has 0 aromatic heterocycles. The van der Waals surface area contributed by atoms with Crippen molar-refractivity contribution in [3.8, 4) is 0 Å². The van der Waals surface area contributed by atoms with Crippen LogP contribution in [-0.2, 0) is 5.11 Å². The number of rotatable bonds is 8. The quantitative estimate of drug-likeness (QED) is 0.390. The lowest BCUT2D eigenvalue weighted by atomic mass is 10.1. The van der Waals surface area contributed by atoms with Crippen molar-refractivity contribution < 1.29 is 5.11 Å². The van der Waals surface area contributed by atoms with Gasteiger partial charge in [0, 0.05) is 0 Å². The van der Waals surface area contributed by atoms with Crippen LogP contribution in [-0.4, -0.2) is 6.61 Å². The minimum atomic E-state index is -0.0597. The SMILES string of the molecule is CCCCCCCCC=CC[O]. The summed E-state index contributed by atoms with van der Waals surface area (Å²) in [5.74, 6) is 0. The van der Waals surface area contributed by atoms with E-state index in [2.05, 4.69) is 6.92 Å². The summed E-state index contributed by atoms with van der Waals surface area (Å²) >= 11 is 0. The maximum atomic E-state index is 10.0. The van der Waals surface area contributed by atoms with E-state index in [1.165, 1.54) is 38.5 Å². The van der Waals surface area contributed by atoms with E-state index in [4.69, 9.17) is 0 Å². The molecule has 0 atom stereocenters.